The molecule has 0 spiro atoms. The maximum absolute atomic E-state index is 5.64. The lowest BCUT2D eigenvalue weighted by Gasteiger charge is -2.37. The molecule has 2 aliphatic rings. The monoisotopic (exact) mass is 276 g/mol. The Morgan fingerprint density at radius 3 is 2.18 bits per heavy atom. The van der Waals surface area contributed by atoms with Crippen LogP contribution in [0.5, 0.6) is 0 Å². The topological polar surface area (TPSA) is 18.5 Å². The minimum absolute atomic E-state index is 0.212. The molecule has 2 fully saturated rings. The number of hydrogen-bond acceptors (Lipinski definition) is 2. The van der Waals surface area contributed by atoms with E-state index in [2.05, 4.69) is 20.8 Å². The van der Waals surface area contributed by atoms with Crippen LogP contribution in [0.4, 0.5) is 0 Å². The van der Waals surface area contributed by atoms with E-state index in [9.17, 15) is 0 Å². The Morgan fingerprint density at radius 2 is 1.53 bits per heavy atom. The third kappa shape index (κ3) is 3.87. The largest absolute Gasteiger partial charge is 0.380 e. The third-order valence-corrected chi connectivity index (χ3v) is 10.6. The van der Waals surface area contributed by atoms with Gasteiger partial charge >= 0.3 is 0 Å². The van der Waals surface area contributed by atoms with Crippen LogP contribution in [-0.4, -0.2) is 61.9 Å². The summed E-state index contributed by atoms with van der Waals surface area (Å²) in [5.41, 5.74) is 2.47. The summed E-state index contributed by atoms with van der Waals surface area (Å²) in [5.74, 6) is 0. The van der Waals surface area contributed by atoms with Gasteiger partial charge in [-0.05, 0) is 24.1 Å². The average Bonchev–Trinajstić information content (AvgIpc) is 2.30. The van der Waals surface area contributed by atoms with Crippen molar-refractivity contribution in [3.63, 3.8) is 0 Å². The SMILES string of the molecule is C[C@@H]1COCCP1CCP1[C@H](C)COC[C@H]1C. The zero-order valence-electron chi connectivity index (χ0n) is 11.4. The predicted molar refractivity (Wildman–Crippen MR) is 78.5 cm³/mol. The van der Waals surface area contributed by atoms with Crippen LogP contribution in [0, 0.1) is 0 Å². The van der Waals surface area contributed by atoms with Crippen LogP contribution < -0.4 is 0 Å². The summed E-state index contributed by atoms with van der Waals surface area (Å²) < 4.78 is 11.2. The zero-order chi connectivity index (χ0) is 12.3. The zero-order valence-corrected chi connectivity index (χ0v) is 13.2. The molecule has 2 aliphatic heterocycles. The highest BCUT2D eigenvalue weighted by Gasteiger charge is 2.29. The molecule has 0 saturated carbocycles. The average molecular weight is 276 g/mol. The Bertz CT molecular complexity index is 227. The van der Waals surface area contributed by atoms with Crippen LogP contribution in [-0.2, 0) is 9.47 Å². The van der Waals surface area contributed by atoms with E-state index in [4.69, 9.17) is 9.47 Å². The summed E-state index contributed by atoms with van der Waals surface area (Å²) in [4.78, 5) is 0. The Morgan fingerprint density at radius 1 is 0.882 bits per heavy atom. The maximum atomic E-state index is 5.64. The Hall–Kier alpha value is 0.780. The van der Waals surface area contributed by atoms with E-state index in [0.717, 1.165) is 43.4 Å². The van der Waals surface area contributed by atoms with Crippen LogP contribution in [0.2, 0.25) is 0 Å². The molecule has 4 atom stereocenters. The van der Waals surface area contributed by atoms with Crippen LogP contribution >= 0.6 is 15.8 Å². The molecule has 17 heavy (non-hydrogen) atoms. The lowest BCUT2D eigenvalue weighted by atomic mass is 10.4. The Balaban J connectivity index is 1.79. The summed E-state index contributed by atoms with van der Waals surface area (Å²) in [7, 11) is 0.467. The molecule has 0 bridgehead atoms. The second-order valence-corrected chi connectivity index (χ2v) is 11.6. The van der Waals surface area contributed by atoms with E-state index in [1.807, 2.05) is 0 Å². The van der Waals surface area contributed by atoms with Crippen molar-refractivity contribution in [2.24, 2.45) is 0 Å². The molecule has 0 aromatic carbocycles. The van der Waals surface area contributed by atoms with Gasteiger partial charge in [0.1, 0.15) is 0 Å². The highest BCUT2D eigenvalue weighted by Crippen LogP contribution is 2.53. The second-order valence-electron chi connectivity index (χ2n) is 5.43. The van der Waals surface area contributed by atoms with E-state index < -0.39 is 0 Å². The molecule has 2 nitrogen and oxygen atoms in total. The fraction of sp³-hybridized carbons (Fsp3) is 1.00. The van der Waals surface area contributed by atoms with Gasteiger partial charge in [-0.3, -0.25) is 0 Å². The molecular formula is C13H26O2P2. The molecule has 0 aromatic rings. The molecule has 0 amide bonds. The van der Waals surface area contributed by atoms with Gasteiger partial charge in [0, 0.05) is 11.3 Å². The number of hydrogen-bond donors (Lipinski definition) is 0. The first kappa shape index (κ1) is 14.2. The van der Waals surface area contributed by atoms with E-state index in [1.165, 1.54) is 18.5 Å². The summed E-state index contributed by atoms with van der Waals surface area (Å²) in [5, 5.41) is 0. The molecule has 0 N–H and O–H groups in total. The summed E-state index contributed by atoms with van der Waals surface area (Å²) >= 11 is 0. The third-order valence-electron chi connectivity index (χ3n) is 4.00. The van der Waals surface area contributed by atoms with Crippen molar-refractivity contribution < 1.29 is 9.47 Å². The number of rotatable bonds is 3. The van der Waals surface area contributed by atoms with Crippen molar-refractivity contribution in [3.05, 3.63) is 0 Å². The predicted octanol–water partition coefficient (Wildman–Crippen LogP) is 3.18. The minimum Gasteiger partial charge on any atom is -0.380 e. The van der Waals surface area contributed by atoms with E-state index in [-0.39, 0.29) is 15.8 Å². The molecule has 0 radical (unpaired) electrons. The van der Waals surface area contributed by atoms with Gasteiger partial charge in [0.05, 0.1) is 26.4 Å². The van der Waals surface area contributed by atoms with Crippen molar-refractivity contribution >= 4 is 15.8 Å². The van der Waals surface area contributed by atoms with Gasteiger partial charge in [-0.15, -0.1) is 0 Å². The fourth-order valence-corrected chi connectivity index (χ4v) is 8.89. The van der Waals surface area contributed by atoms with Crippen molar-refractivity contribution in [2.45, 2.75) is 37.7 Å². The molecule has 2 rings (SSSR count). The van der Waals surface area contributed by atoms with Gasteiger partial charge < -0.3 is 9.47 Å². The summed E-state index contributed by atoms with van der Waals surface area (Å²) in [6, 6.07) is 0. The van der Waals surface area contributed by atoms with Crippen LogP contribution in [0.1, 0.15) is 20.8 Å². The van der Waals surface area contributed by atoms with Crippen molar-refractivity contribution in [2.75, 3.05) is 44.9 Å². The lowest BCUT2D eigenvalue weighted by molar-refractivity contribution is 0.128. The Labute approximate surface area is 108 Å². The van der Waals surface area contributed by atoms with Crippen molar-refractivity contribution in [1.82, 2.24) is 0 Å². The second kappa shape index (κ2) is 6.80. The fourth-order valence-electron chi connectivity index (χ4n) is 2.81. The quantitative estimate of drug-likeness (QED) is 0.737. The van der Waals surface area contributed by atoms with Crippen LogP contribution in [0.15, 0.2) is 0 Å². The highest BCUT2D eigenvalue weighted by atomic mass is 31.1. The molecule has 0 aliphatic carbocycles. The van der Waals surface area contributed by atoms with Crippen LogP contribution in [0.3, 0.4) is 0 Å². The van der Waals surface area contributed by atoms with Gasteiger partial charge in [-0.1, -0.05) is 36.6 Å². The molecular weight excluding hydrogens is 250 g/mol. The molecule has 0 aromatic heterocycles. The van der Waals surface area contributed by atoms with Crippen molar-refractivity contribution in [3.8, 4) is 0 Å². The van der Waals surface area contributed by atoms with Gasteiger partial charge in [0.15, 0.2) is 0 Å². The Kier molecular flexibility index (Phi) is 5.68. The van der Waals surface area contributed by atoms with Gasteiger partial charge in [-0.2, -0.15) is 0 Å². The van der Waals surface area contributed by atoms with Gasteiger partial charge in [-0.25, -0.2) is 0 Å². The molecule has 100 valence electrons. The highest BCUT2D eigenvalue weighted by molar-refractivity contribution is 7.63. The number of ether oxygens (including phenoxy) is 2. The molecule has 2 heterocycles. The summed E-state index contributed by atoms with van der Waals surface area (Å²) in [6.45, 7) is 11.2. The van der Waals surface area contributed by atoms with Crippen molar-refractivity contribution in [1.29, 1.82) is 0 Å². The van der Waals surface area contributed by atoms with Crippen LogP contribution in [0.25, 0.3) is 0 Å². The first-order valence-corrected chi connectivity index (χ1v) is 10.3. The van der Waals surface area contributed by atoms with E-state index in [0.29, 0.717) is 0 Å². The maximum Gasteiger partial charge on any atom is 0.0531 e. The van der Waals surface area contributed by atoms with Gasteiger partial charge in [0.25, 0.3) is 0 Å². The standard InChI is InChI=1S/C13H26O2P2/c1-11-8-14-4-5-16(11)6-7-17-12(2)9-15-10-13(17)3/h11-13H,4-10H2,1-3H3/t11-,12-,13-,16?/m1/s1. The lowest BCUT2D eigenvalue weighted by Crippen LogP contribution is -2.29. The first-order chi connectivity index (χ1) is 8.18. The minimum atomic E-state index is 0.212. The smallest absolute Gasteiger partial charge is 0.0531 e. The molecule has 1 unspecified atom stereocenters. The molecule has 4 heteroatoms. The van der Waals surface area contributed by atoms with Gasteiger partial charge in [0.2, 0.25) is 0 Å². The normalized spacial score (nSPS) is 40.4. The van der Waals surface area contributed by atoms with E-state index in [1.54, 1.807) is 0 Å². The first-order valence-electron chi connectivity index (χ1n) is 6.83. The summed E-state index contributed by atoms with van der Waals surface area (Å²) in [6.07, 6.45) is 4.32. The molecule has 2 saturated heterocycles. The van der Waals surface area contributed by atoms with E-state index >= 15 is 0 Å².